The summed E-state index contributed by atoms with van der Waals surface area (Å²) < 4.78 is 19.2. The van der Waals surface area contributed by atoms with Crippen LogP contribution in [0.25, 0.3) is 0 Å². The number of ether oxygens (including phenoxy) is 1. The predicted octanol–water partition coefficient (Wildman–Crippen LogP) is 5.47. The molecule has 2 aromatic rings. The zero-order valence-electron chi connectivity index (χ0n) is 20.4. The number of hydrogen-bond donors (Lipinski definition) is 2. The number of aromatic nitrogens is 1. The Morgan fingerprint density at radius 3 is 2.49 bits per heavy atom. The number of nitrogens with one attached hydrogen (secondary N) is 2. The van der Waals surface area contributed by atoms with Crippen LogP contribution in [0.2, 0.25) is 5.02 Å². The van der Waals surface area contributed by atoms with Gasteiger partial charge in [-0.15, -0.1) is 0 Å². The molecule has 1 aliphatic rings. The summed E-state index contributed by atoms with van der Waals surface area (Å²) in [6.07, 6.45) is 2.11. The smallest absolute Gasteiger partial charge is 0.413 e. The third kappa shape index (κ3) is 7.14. The van der Waals surface area contributed by atoms with Gasteiger partial charge in [0.1, 0.15) is 17.2 Å². The van der Waals surface area contributed by atoms with Crippen molar-refractivity contribution < 1.29 is 23.5 Å². The minimum Gasteiger partial charge on any atom is -0.444 e. The molecule has 1 fully saturated rings. The minimum atomic E-state index is -0.833. The molecule has 0 bridgehead atoms. The van der Waals surface area contributed by atoms with Crippen LogP contribution in [-0.4, -0.2) is 39.9 Å². The number of piperidine rings is 1. The van der Waals surface area contributed by atoms with E-state index in [4.69, 9.17) is 16.3 Å². The molecule has 1 aromatic carbocycles. The van der Waals surface area contributed by atoms with E-state index in [1.807, 2.05) is 6.92 Å². The number of rotatable bonds is 3. The first kappa shape index (κ1) is 26.4. The summed E-state index contributed by atoms with van der Waals surface area (Å²) in [5.74, 6) is -1.59. The van der Waals surface area contributed by atoms with Gasteiger partial charge in [0.05, 0.1) is 17.9 Å². The van der Waals surface area contributed by atoms with Gasteiger partial charge in [0.15, 0.2) is 0 Å². The lowest BCUT2D eigenvalue weighted by atomic mass is 9.89. The number of aryl methyl sites for hydroxylation is 1. The highest BCUT2D eigenvalue weighted by atomic mass is 35.5. The van der Waals surface area contributed by atoms with Gasteiger partial charge in [0.25, 0.3) is 0 Å². The van der Waals surface area contributed by atoms with Gasteiger partial charge in [0, 0.05) is 11.6 Å². The van der Waals surface area contributed by atoms with Crippen molar-refractivity contribution in [3.8, 4) is 0 Å². The Labute approximate surface area is 209 Å². The Hall–Kier alpha value is -3.20. The van der Waals surface area contributed by atoms with Crippen molar-refractivity contribution in [3.63, 3.8) is 0 Å². The maximum Gasteiger partial charge on any atom is 0.413 e. The van der Waals surface area contributed by atoms with E-state index in [-0.39, 0.29) is 16.8 Å². The first-order chi connectivity index (χ1) is 16.3. The molecule has 2 heterocycles. The Bertz CT molecular complexity index is 1110. The van der Waals surface area contributed by atoms with E-state index in [1.165, 1.54) is 23.2 Å². The van der Waals surface area contributed by atoms with Crippen molar-refractivity contribution in [1.82, 2.24) is 9.88 Å². The molecular formula is C25H30ClFN4O4. The Kier molecular flexibility index (Phi) is 8.00. The van der Waals surface area contributed by atoms with Crippen molar-refractivity contribution in [2.75, 3.05) is 17.2 Å². The quantitative estimate of drug-likeness (QED) is 0.540. The number of carbonyl (C=O) groups is 3. The van der Waals surface area contributed by atoms with Gasteiger partial charge in [-0.05, 0) is 81.8 Å². The molecule has 0 unspecified atom stereocenters. The fourth-order valence-corrected chi connectivity index (χ4v) is 4.21. The van der Waals surface area contributed by atoms with Crippen molar-refractivity contribution in [3.05, 3.63) is 52.4 Å². The highest BCUT2D eigenvalue weighted by molar-refractivity contribution is 6.39. The average Bonchev–Trinajstić information content (AvgIpc) is 2.73. The summed E-state index contributed by atoms with van der Waals surface area (Å²) in [5.41, 5.74) is 0.761. The van der Waals surface area contributed by atoms with Crippen molar-refractivity contribution in [1.29, 1.82) is 0 Å². The van der Waals surface area contributed by atoms with E-state index in [0.29, 0.717) is 29.8 Å². The van der Waals surface area contributed by atoms with Gasteiger partial charge in [-0.25, -0.2) is 14.2 Å². The van der Waals surface area contributed by atoms with E-state index in [0.717, 1.165) is 6.42 Å². The van der Waals surface area contributed by atoms with Crippen LogP contribution in [0.15, 0.2) is 30.5 Å². The van der Waals surface area contributed by atoms with Gasteiger partial charge < -0.3 is 15.0 Å². The van der Waals surface area contributed by atoms with Crippen molar-refractivity contribution in [2.24, 2.45) is 5.92 Å². The number of pyridine rings is 1. The molecule has 3 amide bonds. The van der Waals surface area contributed by atoms with Crippen LogP contribution in [-0.2, 0) is 14.3 Å². The molecule has 2 atom stereocenters. The SMILES string of the molecule is Cc1cc(NC(=O)C(=O)N2C[C@H](C)CC[C@H]2c2cc(F)cc(Cl)c2)cnc1NC(=O)OC(C)(C)C. The molecular weight excluding hydrogens is 475 g/mol. The molecule has 0 radical (unpaired) electrons. The van der Waals surface area contributed by atoms with E-state index < -0.39 is 35.4 Å². The van der Waals surface area contributed by atoms with Crippen LogP contribution in [0.4, 0.5) is 20.7 Å². The second-order valence-corrected chi connectivity index (χ2v) is 10.3. The fraction of sp³-hybridized carbons (Fsp3) is 0.440. The molecule has 2 N–H and O–H groups in total. The van der Waals surface area contributed by atoms with Gasteiger partial charge in [-0.1, -0.05) is 18.5 Å². The first-order valence-electron chi connectivity index (χ1n) is 11.4. The molecule has 0 aliphatic carbocycles. The van der Waals surface area contributed by atoms with Gasteiger partial charge in [-0.3, -0.25) is 14.9 Å². The van der Waals surface area contributed by atoms with Crippen molar-refractivity contribution >= 4 is 41.0 Å². The highest BCUT2D eigenvalue weighted by Gasteiger charge is 2.34. The normalized spacial score (nSPS) is 18.1. The van der Waals surface area contributed by atoms with Crippen molar-refractivity contribution in [2.45, 2.75) is 59.1 Å². The zero-order chi connectivity index (χ0) is 25.9. The van der Waals surface area contributed by atoms with Crippen LogP contribution in [0.3, 0.4) is 0 Å². The summed E-state index contributed by atoms with van der Waals surface area (Å²) >= 11 is 6.02. The molecule has 1 aliphatic heterocycles. The molecule has 8 nitrogen and oxygen atoms in total. The van der Waals surface area contributed by atoms with E-state index in [9.17, 15) is 18.8 Å². The first-order valence-corrected chi connectivity index (χ1v) is 11.7. The van der Waals surface area contributed by atoms with Gasteiger partial charge in [-0.2, -0.15) is 0 Å². The fourth-order valence-electron chi connectivity index (χ4n) is 3.98. The topological polar surface area (TPSA) is 101 Å². The summed E-state index contributed by atoms with van der Waals surface area (Å²) in [6, 6.07) is 5.29. The Balaban J connectivity index is 1.73. The molecule has 0 saturated carbocycles. The number of carbonyl (C=O) groups excluding carboxylic acids is 3. The number of benzene rings is 1. The van der Waals surface area contributed by atoms with E-state index in [1.54, 1.807) is 39.8 Å². The third-order valence-corrected chi connectivity index (χ3v) is 5.72. The standard InChI is InChI=1S/C25H30ClFN4O4/c1-14-6-7-20(16-9-17(26)11-18(27)10-16)31(13-14)23(33)22(32)29-19-8-15(2)21(28-12-19)30-24(34)35-25(3,4)5/h8-12,14,20H,6-7,13H2,1-5H3,(H,29,32)(H,28,30,34)/t14-,20+/m1/s1. The summed E-state index contributed by atoms with van der Waals surface area (Å²) in [4.78, 5) is 43.6. The second-order valence-electron chi connectivity index (χ2n) is 9.83. The van der Waals surface area contributed by atoms with Gasteiger partial charge in [0.2, 0.25) is 0 Å². The number of nitrogens with zero attached hydrogens (tertiary/aromatic N) is 2. The molecule has 3 rings (SSSR count). The molecule has 1 saturated heterocycles. The second kappa shape index (κ2) is 10.6. The van der Waals surface area contributed by atoms with Gasteiger partial charge >= 0.3 is 17.9 Å². The molecule has 1 aromatic heterocycles. The molecule has 10 heteroatoms. The monoisotopic (exact) mass is 504 g/mol. The minimum absolute atomic E-state index is 0.189. The lowest BCUT2D eigenvalue weighted by molar-refractivity contribution is -0.146. The average molecular weight is 505 g/mol. The van der Waals surface area contributed by atoms with E-state index in [2.05, 4.69) is 15.6 Å². The Morgan fingerprint density at radius 2 is 1.86 bits per heavy atom. The zero-order valence-corrected chi connectivity index (χ0v) is 21.2. The maximum atomic E-state index is 14.0. The molecule has 0 spiro atoms. The van der Waals surface area contributed by atoms with E-state index >= 15 is 0 Å². The predicted molar refractivity (Wildman–Crippen MR) is 132 cm³/mol. The van der Waals surface area contributed by atoms with Crippen LogP contribution in [0.1, 0.15) is 57.7 Å². The van der Waals surface area contributed by atoms with Crippen LogP contribution >= 0.6 is 11.6 Å². The third-order valence-electron chi connectivity index (χ3n) is 5.50. The summed E-state index contributed by atoms with van der Waals surface area (Å²) in [5, 5.41) is 5.36. The Morgan fingerprint density at radius 1 is 1.14 bits per heavy atom. The van der Waals surface area contributed by atoms with Crippen LogP contribution in [0.5, 0.6) is 0 Å². The number of amides is 3. The molecule has 35 heavy (non-hydrogen) atoms. The molecule has 188 valence electrons. The summed E-state index contributed by atoms with van der Waals surface area (Å²) in [7, 11) is 0. The lowest BCUT2D eigenvalue weighted by Gasteiger charge is -2.38. The lowest BCUT2D eigenvalue weighted by Crippen LogP contribution is -2.46. The largest absolute Gasteiger partial charge is 0.444 e. The van der Waals surface area contributed by atoms with Crippen LogP contribution < -0.4 is 10.6 Å². The van der Waals surface area contributed by atoms with Crippen LogP contribution in [0, 0.1) is 18.7 Å². The number of likely N-dealkylation sites (tertiary alicyclic amines) is 1. The number of halogens is 2. The number of anilines is 2. The maximum absolute atomic E-state index is 14.0. The summed E-state index contributed by atoms with van der Waals surface area (Å²) in [6.45, 7) is 9.31. The number of hydrogen-bond acceptors (Lipinski definition) is 5. The highest BCUT2D eigenvalue weighted by Crippen LogP contribution is 2.35.